The Morgan fingerprint density at radius 1 is 1.70 bits per heavy atom. The minimum atomic E-state index is 0.235. The molecule has 1 fully saturated rings. The highest BCUT2D eigenvalue weighted by Gasteiger charge is 2.41. The molecule has 10 heavy (non-hydrogen) atoms. The van der Waals surface area contributed by atoms with Crippen LogP contribution in [0.2, 0.25) is 0 Å². The normalized spacial score (nSPS) is 22.8. The Hall–Kier alpha value is 1.00. The first kappa shape index (κ1) is 9.09. The van der Waals surface area contributed by atoms with Crippen LogP contribution in [0.5, 0.6) is 0 Å². The molecule has 0 aromatic carbocycles. The second-order valence-corrected chi connectivity index (χ2v) is 3.81. The summed E-state index contributed by atoms with van der Waals surface area (Å²) in [6.45, 7) is 4.77. The Labute approximate surface area is 81.0 Å². The molecule has 1 aliphatic heterocycles. The van der Waals surface area contributed by atoms with Crippen LogP contribution in [0.1, 0.15) is 6.92 Å². The summed E-state index contributed by atoms with van der Waals surface area (Å²) in [5.74, 6) is 0. The van der Waals surface area contributed by atoms with Crippen molar-refractivity contribution in [2.24, 2.45) is 0 Å². The van der Waals surface area contributed by atoms with Gasteiger partial charge in [0.15, 0.2) is 0 Å². The number of alkyl halides is 1. The molecule has 0 N–H and O–H groups in total. The molecule has 0 amide bonds. The van der Waals surface area contributed by atoms with Crippen molar-refractivity contribution in [1.82, 2.24) is 4.31 Å². The highest BCUT2D eigenvalue weighted by molar-refractivity contribution is 14.1. The van der Waals surface area contributed by atoms with Gasteiger partial charge in [0, 0.05) is 11.0 Å². The van der Waals surface area contributed by atoms with E-state index in [1.807, 2.05) is 0 Å². The average Bonchev–Trinajstić information content (AvgIpc) is 1.86. The van der Waals surface area contributed by atoms with Gasteiger partial charge in [-0.1, -0.05) is 42.3 Å². The van der Waals surface area contributed by atoms with Crippen LogP contribution in [0.3, 0.4) is 0 Å². The molecule has 1 saturated heterocycles. The zero-order chi connectivity index (χ0) is 7.61. The van der Waals surface area contributed by atoms with Crippen molar-refractivity contribution in [1.29, 1.82) is 0 Å². The Morgan fingerprint density at radius 2 is 2.30 bits per heavy atom. The maximum atomic E-state index is 5.16. The number of thiol groups is 1. The van der Waals surface area contributed by atoms with Crippen molar-refractivity contribution in [3.63, 3.8) is 0 Å². The molecular formula is C6H12INOS. The summed E-state index contributed by atoms with van der Waals surface area (Å²) in [5, 5.41) is 0. The summed E-state index contributed by atoms with van der Waals surface area (Å²) in [6.07, 6.45) is 0. The quantitative estimate of drug-likeness (QED) is 0.473. The largest absolute Gasteiger partial charge is 0.377 e. The molecule has 0 saturated carbocycles. The average molecular weight is 273 g/mol. The molecule has 0 aliphatic carbocycles. The van der Waals surface area contributed by atoms with E-state index in [-0.39, 0.29) is 5.54 Å². The third kappa shape index (κ3) is 1.44. The van der Waals surface area contributed by atoms with E-state index in [9.17, 15) is 0 Å². The fourth-order valence-corrected chi connectivity index (χ4v) is 2.28. The molecule has 1 heterocycles. The van der Waals surface area contributed by atoms with Crippen molar-refractivity contribution < 1.29 is 4.74 Å². The minimum absolute atomic E-state index is 0.235. The van der Waals surface area contributed by atoms with Gasteiger partial charge in [-0.15, -0.1) is 0 Å². The topological polar surface area (TPSA) is 12.5 Å². The first-order chi connectivity index (χ1) is 4.75. The molecule has 0 aromatic heterocycles. The van der Waals surface area contributed by atoms with Crippen LogP contribution >= 0.6 is 35.4 Å². The maximum Gasteiger partial charge on any atom is 0.0865 e. The predicted octanol–water partition coefficient (Wildman–Crippen LogP) is 1.36. The van der Waals surface area contributed by atoms with Gasteiger partial charge >= 0.3 is 0 Å². The molecule has 0 aromatic rings. The van der Waals surface area contributed by atoms with Gasteiger partial charge in [-0.25, -0.2) is 4.31 Å². The fourth-order valence-electron chi connectivity index (χ4n) is 0.968. The van der Waals surface area contributed by atoms with Crippen LogP contribution in [0, 0.1) is 0 Å². The van der Waals surface area contributed by atoms with E-state index in [0.717, 1.165) is 24.2 Å². The number of hydrogen-bond donors (Lipinski definition) is 1. The van der Waals surface area contributed by atoms with Crippen LogP contribution in [0.25, 0.3) is 0 Å². The zero-order valence-corrected chi connectivity index (χ0v) is 9.06. The predicted molar refractivity (Wildman–Crippen MR) is 53.8 cm³/mol. The number of likely N-dealkylation sites (N-methyl/N-ethyl adjacent to an activating group) is 1. The SMILES string of the molecule is CCN(S)C1(CI)COC1. The first-order valence-corrected chi connectivity index (χ1v) is 5.28. The van der Waals surface area contributed by atoms with E-state index in [1.54, 1.807) is 0 Å². The van der Waals surface area contributed by atoms with Gasteiger partial charge in [-0.2, -0.15) is 0 Å². The lowest BCUT2D eigenvalue weighted by molar-refractivity contribution is -0.0910. The van der Waals surface area contributed by atoms with E-state index < -0.39 is 0 Å². The van der Waals surface area contributed by atoms with Gasteiger partial charge in [0.2, 0.25) is 0 Å². The summed E-state index contributed by atoms with van der Waals surface area (Å²) >= 11 is 6.76. The summed E-state index contributed by atoms with van der Waals surface area (Å²) in [5.41, 5.74) is 0.235. The molecule has 2 nitrogen and oxygen atoms in total. The van der Waals surface area contributed by atoms with Crippen LogP contribution in [-0.4, -0.2) is 34.0 Å². The van der Waals surface area contributed by atoms with Crippen LogP contribution in [0.15, 0.2) is 0 Å². The third-order valence-electron chi connectivity index (χ3n) is 1.84. The summed E-state index contributed by atoms with van der Waals surface area (Å²) in [4.78, 5) is 0. The van der Waals surface area contributed by atoms with E-state index in [2.05, 4.69) is 46.6 Å². The summed E-state index contributed by atoms with van der Waals surface area (Å²) in [7, 11) is 0. The molecular weight excluding hydrogens is 261 g/mol. The van der Waals surface area contributed by atoms with Crippen LogP contribution in [-0.2, 0) is 4.74 Å². The Balaban J connectivity index is 2.46. The van der Waals surface area contributed by atoms with Crippen LogP contribution in [0.4, 0.5) is 0 Å². The number of rotatable bonds is 3. The van der Waals surface area contributed by atoms with Crippen LogP contribution < -0.4 is 0 Å². The lowest BCUT2D eigenvalue weighted by Crippen LogP contribution is -2.60. The standard InChI is InChI=1S/C6H12INOS/c1-2-8(10)6(3-7)4-9-5-6/h10H,2-5H2,1H3. The second-order valence-electron chi connectivity index (χ2n) is 2.57. The number of halogens is 1. The maximum absolute atomic E-state index is 5.16. The van der Waals surface area contributed by atoms with Gasteiger partial charge in [0.25, 0.3) is 0 Å². The van der Waals surface area contributed by atoms with Gasteiger partial charge in [-0.3, -0.25) is 0 Å². The Kier molecular flexibility index (Phi) is 3.27. The number of nitrogens with zero attached hydrogens (tertiary/aromatic N) is 1. The molecule has 0 radical (unpaired) electrons. The minimum Gasteiger partial charge on any atom is -0.377 e. The van der Waals surface area contributed by atoms with Crippen molar-refractivity contribution in [3.8, 4) is 0 Å². The zero-order valence-electron chi connectivity index (χ0n) is 6.01. The van der Waals surface area contributed by atoms with Gasteiger partial charge in [0.1, 0.15) is 0 Å². The molecule has 1 rings (SSSR count). The monoisotopic (exact) mass is 273 g/mol. The first-order valence-electron chi connectivity index (χ1n) is 3.35. The molecule has 4 heteroatoms. The molecule has 60 valence electrons. The Bertz CT molecular complexity index is 113. The smallest absolute Gasteiger partial charge is 0.0865 e. The van der Waals surface area contributed by atoms with E-state index in [1.165, 1.54) is 0 Å². The second kappa shape index (κ2) is 3.60. The van der Waals surface area contributed by atoms with E-state index >= 15 is 0 Å². The van der Waals surface area contributed by atoms with Crippen molar-refractivity contribution >= 4 is 35.4 Å². The van der Waals surface area contributed by atoms with Gasteiger partial charge < -0.3 is 4.74 Å². The number of hydrogen-bond acceptors (Lipinski definition) is 3. The molecule has 0 atom stereocenters. The fraction of sp³-hybridized carbons (Fsp3) is 1.00. The van der Waals surface area contributed by atoms with E-state index in [4.69, 9.17) is 4.74 Å². The van der Waals surface area contributed by atoms with E-state index in [0.29, 0.717) is 0 Å². The molecule has 1 aliphatic rings. The van der Waals surface area contributed by atoms with Gasteiger partial charge in [0.05, 0.1) is 18.8 Å². The van der Waals surface area contributed by atoms with Crippen molar-refractivity contribution in [2.45, 2.75) is 12.5 Å². The summed E-state index contributed by atoms with van der Waals surface area (Å²) < 4.78 is 8.33. The lowest BCUT2D eigenvalue weighted by Gasteiger charge is -2.45. The highest BCUT2D eigenvalue weighted by atomic mass is 127. The third-order valence-corrected chi connectivity index (χ3v) is 3.96. The van der Waals surface area contributed by atoms with Crippen molar-refractivity contribution in [2.75, 3.05) is 24.2 Å². The highest BCUT2D eigenvalue weighted by Crippen LogP contribution is 2.28. The van der Waals surface area contributed by atoms with Gasteiger partial charge in [-0.05, 0) is 0 Å². The Morgan fingerprint density at radius 3 is 2.40 bits per heavy atom. The molecule has 0 spiro atoms. The van der Waals surface area contributed by atoms with Crippen molar-refractivity contribution in [3.05, 3.63) is 0 Å². The lowest BCUT2D eigenvalue weighted by atomic mass is 10.0. The molecule has 0 unspecified atom stereocenters. The molecule has 0 bridgehead atoms. The summed E-state index contributed by atoms with van der Waals surface area (Å²) in [6, 6.07) is 0. The number of ether oxygens (including phenoxy) is 1.